The molecule has 0 bridgehead atoms. The van der Waals surface area contributed by atoms with Crippen molar-refractivity contribution in [3.05, 3.63) is 12.2 Å². The first-order valence-electron chi connectivity index (χ1n) is 4.12. The zero-order valence-corrected chi connectivity index (χ0v) is 8.36. The standard InChI is InChI=1S/C9H17Br/c1-2-3-4-5-6-7-8-9-10/h4-5H,2-3,6-9H2,1H3/b5-4-. The number of hydrogen-bond donors (Lipinski definition) is 0. The fourth-order valence-electron chi connectivity index (χ4n) is 0.759. The minimum Gasteiger partial charge on any atom is -0.0928 e. The van der Waals surface area contributed by atoms with Crippen LogP contribution in [0.4, 0.5) is 0 Å². The third-order valence-electron chi connectivity index (χ3n) is 1.38. The van der Waals surface area contributed by atoms with E-state index >= 15 is 0 Å². The summed E-state index contributed by atoms with van der Waals surface area (Å²) in [5.41, 5.74) is 0. The van der Waals surface area contributed by atoms with Crippen LogP contribution in [0.1, 0.15) is 39.0 Å². The van der Waals surface area contributed by atoms with Crippen LogP contribution in [0.15, 0.2) is 12.2 Å². The summed E-state index contributed by atoms with van der Waals surface area (Å²) in [6.07, 6.45) is 11.0. The predicted octanol–water partition coefficient (Wildman–Crippen LogP) is 3.91. The number of halogens is 1. The van der Waals surface area contributed by atoms with E-state index in [2.05, 4.69) is 35.0 Å². The van der Waals surface area contributed by atoms with E-state index < -0.39 is 0 Å². The highest BCUT2D eigenvalue weighted by Gasteiger charge is 1.81. The molecule has 1 heteroatoms. The quantitative estimate of drug-likeness (QED) is 0.350. The van der Waals surface area contributed by atoms with Crippen molar-refractivity contribution in [2.75, 3.05) is 5.33 Å². The molecule has 0 fully saturated rings. The van der Waals surface area contributed by atoms with Gasteiger partial charge in [0.05, 0.1) is 0 Å². The summed E-state index contributed by atoms with van der Waals surface area (Å²) >= 11 is 3.41. The van der Waals surface area contributed by atoms with Gasteiger partial charge in [0.2, 0.25) is 0 Å². The second-order valence-corrected chi connectivity index (χ2v) is 3.24. The number of rotatable bonds is 6. The fraction of sp³-hybridized carbons (Fsp3) is 0.778. The molecule has 0 atom stereocenters. The van der Waals surface area contributed by atoms with E-state index in [0.717, 1.165) is 5.33 Å². The first-order chi connectivity index (χ1) is 4.91. The number of hydrogen-bond acceptors (Lipinski definition) is 0. The van der Waals surface area contributed by atoms with Gasteiger partial charge in [-0.05, 0) is 25.7 Å². The molecule has 0 radical (unpaired) electrons. The molecule has 0 spiro atoms. The molecule has 0 aromatic rings. The van der Waals surface area contributed by atoms with Crippen LogP contribution in [0.5, 0.6) is 0 Å². The van der Waals surface area contributed by atoms with Crippen molar-refractivity contribution in [2.45, 2.75) is 39.0 Å². The van der Waals surface area contributed by atoms with Crippen LogP contribution in [0.25, 0.3) is 0 Å². The van der Waals surface area contributed by atoms with E-state index in [1.165, 1.54) is 32.1 Å². The molecule has 0 unspecified atom stereocenters. The van der Waals surface area contributed by atoms with Crippen LogP contribution in [0.2, 0.25) is 0 Å². The van der Waals surface area contributed by atoms with Gasteiger partial charge in [0.15, 0.2) is 0 Å². The summed E-state index contributed by atoms with van der Waals surface area (Å²) in [4.78, 5) is 0. The molecular weight excluding hydrogens is 188 g/mol. The van der Waals surface area contributed by atoms with E-state index in [-0.39, 0.29) is 0 Å². The van der Waals surface area contributed by atoms with Gasteiger partial charge in [0, 0.05) is 5.33 Å². The van der Waals surface area contributed by atoms with Gasteiger partial charge in [0.1, 0.15) is 0 Å². The Labute approximate surface area is 72.8 Å². The molecule has 0 N–H and O–H groups in total. The SMILES string of the molecule is CCC/C=C\CCCCBr. The van der Waals surface area contributed by atoms with Crippen molar-refractivity contribution in [2.24, 2.45) is 0 Å². The summed E-state index contributed by atoms with van der Waals surface area (Å²) < 4.78 is 0. The summed E-state index contributed by atoms with van der Waals surface area (Å²) in [6, 6.07) is 0. The lowest BCUT2D eigenvalue weighted by Gasteiger charge is -1.90. The Morgan fingerprint density at radius 1 is 1.10 bits per heavy atom. The summed E-state index contributed by atoms with van der Waals surface area (Å²) in [6.45, 7) is 2.21. The summed E-state index contributed by atoms with van der Waals surface area (Å²) in [7, 11) is 0. The van der Waals surface area contributed by atoms with Gasteiger partial charge in [0.25, 0.3) is 0 Å². The second-order valence-electron chi connectivity index (χ2n) is 2.44. The largest absolute Gasteiger partial charge is 0.0928 e. The first-order valence-corrected chi connectivity index (χ1v) is 5.25. The van der Waals surface area contributed by atoms with Crippen molar-refractivity contribution in [1.82, 2.24) is 0 Å². The number of allylic oxidation sites excluding steroid dienone is 2. The van der Waals surface area contributed by atoms with Crippen LogP contribution in [0.3, 0.4) is 0 Å². The van der Waals surface area contributed by atoms with Crippen LogP contribution in [0, 0.1) is 0 Å². The smallest absolute Gasteiger partial charge is 0.00314 e. The molecule has 0 aromatic carbocycles. The summed E-state index contributed by atoms with van der Waals surface area (Å²) in [5, 5.41) is 1.15. The van der Waals surface area contributed by atoms with E-state index in [4.69, 9.17) is 0 Å². The normalized spacial score (nSPS) is 11.0. The Morgan fingerprint density at radius 2 is 1.80 bits per heavy atom. The van der Waals surface area contributed by atoms with Crippen LogP contribution < -0.4 is 0 Å². The van der Waals surface area contributed by atoms with Gasteiger partial charge in [-0.2, -0.15) is 0 Å². The van der Waals surface area contributed by atoms with E-state index in [1.807, 2.05) is 0 Å². The van der Waals surface area contributed by atoms with Crippen LogP contribution >= 0.6 is 15.9 Å². The maximum Gasteiger partial charge on any atom is 0.00314 e. The van der Waals surface area contributed by atoms with Gasteiger partial charge in [-0.1, -0.05) is 41.4 Å². The van der Waals surface area contributed by atoms with Gasteiger partial charge in [-0.25, -0.2) is 0 Å². The van der Waals surface area contributed by atoms with Crippen molar-refractivity contribution >= 4 is 15.9 Å². The second kappa shape index (κ2) is 9.22. The fourth-order valence-corrected chi connectivity index (χ4v) is 1.16. The average Bonchev–Trinajstić information content (AvgIpc) is 1.97. The molecule has 0 amide bonds. The predicted molar refractivity (Wildman–Crippen MR) is 51.7 cm³/mol. The Balaban J connectivity index is 2.88. The van der Waals surface area contributed by atoms with Crippen molar-refractivity contribution in [3.8, 4) is 0 Å². The van der Waals surface area contributed by atoms with Crippen LogP contribution in [-0.4, -0.2) is 5.33 Å². The summed E-state index contributed by atoms with van der Waals surface area (Å²) in [5.74, 6) is 0. The molecule has 0 aliphatic carbocycles. The minimum absolute atomic E-state index is 1.15. The molecule has 0 aliphatic heterocycles. The average molecular weight is 205 g/mol. The Morgan fingerprint density at radius 3 is 2.40 bits per heavy atom. The minimum atomic E-state index is 1.15. The lowest BCUT2D eigenvalue weighted by molar-refractivity contribution is 0.821. The lowest BCUT2D eigenvalue weighted by atomic mass is 10.2. The Kier molecular flexibility index (Phi) is 9.42. The van der Waals surface area contributed by atoms with Crippen molar-refractivity contribution < 1.29 is 0 Å². The highest BCUT2D eigenvalue weighted by molar-refractivity contribution is 9.09. The van der Waals surface area contributed by atoms with Crippen molar-refractivity contribution in [1.29, 1.82) is 0 Å². The van der Waals surface area contributed by atoms with Gasteiger partial charge in [-0.15, -0.1) is 0 Å². The molecule has 0 aliphatic rings. The molecule has 0 nitrogen and oxygen atoms in total. The van der Waals surface area contributed by atoms with Gasteiger partial charge >= 0.3 is 0 Å². The molecule has 0 heterocycles. The molecule has 0 rings (SSSR count). The number of alkyl halides is 1. The number of unbranched alkanes of at least 4 members (excludes halogenated alkanes) is 3. The molecule has 0 aromatic heterocycles. The zero-order valence-electron chi connectivity index (χ0n) is 6.78. The molecule has 10 heavy (non-hydrogen) atoms. The van der Waals surface area contributed by atoms with Gasteiger partial charge < -0.3 is 0 Å². The molecule has 0 saturated heterocycles. The lowest BCUT2D eigenvalue weighted by Crippen LogP contribution is -1.73. The highest BCUT2D eigenvalue weighted by atomic mass is 79.9. The van der Waals surface area contributed by atoms with E-state index in [1.54, 1.807) is 0 Å². The zero-order chi connectivity index (χ0) is 7.66. The first kappa shape index (κ1) is 10.2. The Hall–Kier alpha value is 0.220. The third-order valence-corrected chi connectivity index (χ3v) is 1.94. The highest BCUT2D eigenvalue weighted by Crippen LogP contribution is 2.00. The Bertz CT molecular complexity index is 76.8. The molecule has 60 valence electrons. The van der Waals surface area contributed by atoms with E-state index in [0.29, 0.717) is 0 Å². The third kappa shape index (κ3) is 8.22. The van der Waals surface area contributed by atoms with E-state index in [9.17, 15) is 0 Å². The van der Waals surface area contributed by atoms with Gasteiger partial charge in [-0.3, -0.25) is 0 Å². The maximum atomic E-state index is 3.41. The topological polar surface area (TPSA) is 0 Å². The monoisotopic (exact) mass is 204 g/mol. The van der Waals surface area contributed by atoms with Crippen LogP contribution in [-0.2, 0) is 0 Å². The molecule has 0 saturated carbocycles. The van der Waals surface area contributed by atoms with Crippen molar-refractivity contribution in [3.63, 3.8) is 0 Å². The maximum absolute atomic E-state index is 3.41. The molecular formula is C9H17Br.